The molecule has 7 nitrogen and oxygen atoms in total. The molecular formula is C13H21N5O2. The number of hydrogen-bond donors (Lipinski definition) is 2. The largest absolute Gasteiger partial charge is 0.381 e. The van der Waals surface area contributed by atoms with Gasteiger partial charge in [0.25, 0.3) is 0 Å². The second-order valence-corrected chi connectivity index (χ2v) is 4.86. The number of nitrogens with two attached hydrogens (primary N) is 1. The Morgan fingerprint density at radius 3 is 2.95 bits per heavy atom. The Morgan fingerprint density at radius 1 is 1.55 bits per heavy atom. The molecule has 7 heteroatoms. The van der Waals surface area contributed by atoms with Gasteiger partial charge in [-0.3, -0.25) is 15.0 Å². The molecule has 2 unspecified atom stereocenters. The molecule has 0 aliphatic carbocycles. The molecule has 2 rings (SSSR count). The van der Waals surface area contributed by atoms with Gasteiger partial charge in [-0.2, -0.15) is 0 Å². The lowest BCUT2D eigenvalue weighted by atomic mass is 9.99. The Labute approximate surface area is 118 Å². The molecule has 1 aromatic rings. The molecule has 0 bridgehead atoms. The molecule has 3 N–H and O–H groups in total. The van der Waals surface area contributed by atoms with Crippen molar-refractivity contribution in [3.8, 4) is 0 Å². The molecule has 20 heavy (non-hydrogen) atoms. The summed E-state index contributed by atoms with van der Waals surface area (Å²) >= 11 is 0. The molecule has 1 aliphatic rings. The van der Waals surface area contributed by atoms with Crippen LogP contribution in [0.5, 0.6) is 0 Å². The molecule has 0 radical (unpaired) electrons. The fraction of sp³-hybridized carbons (Fsp3) is 0.615. The van der Waals surface area contributed by atoms with Gasteiger partial charge >= 0.3 is 0 Å². The Hall–Kier alpha value is -1.57. The van der Waals surface area contributed by atoms with Gasteiger partial charge in [-0.1, -0.05) is 0 Å². The van der Waals surface area contributed by atoms with E-state index in [1.54, 1.807) is 25.6 Å². The third-order valence-electron chi connectivity index (χ3n) is 3.56. The van der Waals surface area contributed by atoms with Gasteiger partial charge in [-0.15, -0.1) is 0 Å². The smallest absolute Gasteiger partial charge is 0.240 e. The number of piperidine rings is 1. The van der Waals surface area contributed by atoms with Crippen LogP contribution in [0, 0.1) is 0 Å². The molecule has 0 aromatic carbocycles. The zero-order chi connectivity index (χ0) is 14.4. The number of rotatable bonds is 5. The highest BCUT2D eigenvalue weighted by Crippen LogP contribution is 2.18. The molecule has 0 spiro atoms. The Kier molecular flexibility index (Phi) is 5.40. The van der Waals surface area contributed by atoms with Crippen LogP contribution >= 0.6 is 0 Å². The van der Waals surface area contributed by atoms with Crippen molar-refractivity contribution in [3.63, 3.8) is 0 Å². The van der Waals surface area contributed by atoms with Crippen molar-refractivity contribution < 1.29 is 9.53 Å². The average Bonchev–Trinajstić information content (AvgIpc) is 2.48. The van der Waals surface area contributed by atoms with Gasteiger partial charge in [0, 0.05) is 38.6 Å². The summed E-state index contributed by atoms with van der Waals surface area (Å²) in [4.78, 5) is 22.0. The molecule has 1 saturated heterocycles. The van der Waals surface area contributed by atoms with E-state index in [0.29, 0.717) is 19.0 Å². The first-order chi connectivity index (χ1) is 9.72. The minimum absolute atomic E-state index is 0.120. The summed E-state index contributed by atoms with van der Waals surface area (Å²) in [5.41, 5.74) is 5.79. The lowest BCUT2D eigenvalue weighted by Crippen LogP contribution is -2.51. The van der Waals surface area contributed by atoms with Gasteiger partial charge in [0.1, 0.15) is 0 Å². The van der Waals surface area contributed by atoms with Gasteiger partial charge in [0.15, 0.2) is 0 Å². The molecule has 1 aliphatic heterocycles. The first kappa shape index (κ1) is 14.8. The number of hydrogen-bond acceptors (Lipinski definition) is 6. The SMILES string of the molecule is COC1CCN(CC(=O)Nc2ncccn2)C(CN)C1. The summed E-state index contributed by atoms with van der Waals surface area (Å²) in [6.07, 6.45) is 5.20. The minimum Gasteiger partial charge on any atom is -0.381 e. The van der Waals surface area contributed by atoms with Crippen molar-refractivity contribution in [3.05, 3.63) is 18.5 Å². The highest BCUT2D eigenvalue weighted by molar-refractivity contribution is 5.90. The van der Waals surface area contributed by atoms with Crippen LogP contribution in [0.1, 0.15) is 12.8 Å². The van der Waals surface area contributed by atoms with Crippen LogP contribution in [-0.4, -0.2) is 59.7 Å². The van der Waals surface area contributed by atoms with Crippen LogP contribution in [0.25, 0.3) is 0 Å². The van der Waals surface area contributed by atoms with Crippen molar-refractivity contribution in [2.24, 2.45) is 5.73 Å². The number of nitrogens with one attached hydrogen (secondary N) is 1. The zero-order valence-corrected chi connectivity index (χ0v) is 11.7. The fourth-order valence-electron chi connectivity index (χ4n) is 2.44. The highest BCUT2D eigenvalue weighted by Gasteiger charge is 2.28. The fourth-order valence-corrected chi connectivity index (χ4v) is 2.44. The van der Waals surface area contributed by atoms with Crippen molar-refractivity contribution >= 4 is 11.9 Å². The molecule has 2 heterocycles. The quantitative estimate of drug-likeness (QED) is 0.779. The van der Waals surface area contributed by atoms with Crippen LogP contribution in [0.15, 0.2) is 18.5 Å². The van der Waals surface area contributed by atoms with E-state index in [1.807, 2.05) is 0 Å². The number of nitrogens with zero attached hydrogens (tertiary/aromatic N) is 3. The molecular weight excluding hydrogens is 258 g/mol. The first-order valence-corrected chi connectivity index (χ1v) is 6.76. The van der Waals surface area contributed by atoms with Gasteiger partial charge in [-0.25, -0.2) is 9.97 Å². The third-order valence-corrected chi connectivity index (χ3v) is 3.56. The Morgan fingerprint density at radius 2 is 2.30 bits per heavy atom. The van der Waals surface area contributed by atoms with E-state index >= 15 is 0 Å². The standard InChI is InChI=1S/C13H21N5O2/c1-20-11-3-6-18(10(7-11)8-14)9-12(19)17-13-15-4-2-5-16-13/h2,4-5,10-11H,3,6-9,14H2,1H3,(H,15,16,17,19). The summed E-state index contributed by atoms with van der Waals surface area (Å²) in [5, 5.41) is 2.68. The third kappa shape index (κ3) is 3.96. The first-order valence-electron chi connectivity index (χ1n) is 6.76. The van der Waals surface area contributed by atoms with Crippen molar-refractivity contribution in [1.29, 1.82) is 0 Å². The highest BCUT2D eigenvalue weighted by atomic mass is 16.5. The van der Waals surface area contributed by atoms with Crippen LogP contribution in [0.4, 0.5) is 5.95 Å². The van der Waals surface area contributed by atoms with Gasteiger partial charge in [0.2, 0.25) is 11.9 Å². The zero-order valence-electron chi connectivity index (χ0n) is 11.7. The summed E-state index contributed by atoms with van der Waals surface area (Å²) in [6, 6.07) is 1.88. The van der Waals surface area contributed by atoms with E-state index in [-0.39, 0.29) is 18.1 Å². The maximum absolute atomic E-state index is 12.0. The predicted octanol–water partition coefficient (Wildman–Crippen LogP) is -0.147. The normalized spacial score (nSPS) is 23.5. The van der Waals surface area contributed by atoms with Gasteiger partial charge in [-0.05, 0) is 18.9 Å². The van der Waals surface area contributed by atoms with E-state index in [9.17, 15) is 4.79 Å². The summed E-state index contributed by atoms with van der Waals surface area (Å²) in [6.45, 7) is 1.63. The molecule has 0 saturated carbocycles. The van der Waals surface area contributed by atoms with Crippen LogP contribution in [0.3, 0.4) is 0 Å². The van der Waals surface area contributed by atoms with E-state index < -0.39 is 0 Å². The summed E-state index contributed by atoms with van der Waals surface area (Å²) in [5.74, 6) is 0.207. The van der Waals surface area contributed by atoms with E-state index in [4.69, 9.17) is 10.5 Å². The predicted molar refractivity (Wildman–Crippen MR) is 75.1 cm³/mol. The lowest BCUT2D eigenvalue weighted by Gasteiger charge is -2.37. The van der Waals surface area contributed by atoms with Crippen LogP contribution in [0.2, 0.25) is 0 Å². The van der Waals surface area contributed by atoms with Crippen LogP contribution < -0.4 is 11.1 Å². The topological polar surface area (TPSA) is 93.4 Å². The number of anilines is 1. The molecule has 2 atom stereocenters. The van der Waals surface area contributed by atoms with E-state index in [1.165, 1.54) is 0 Å². The van der Waals surface area contributed by atoms with Crippen molar-refractivity contribution in [2.45, 2.75) is 25.0 Å². The maximum atomic E-state index is 12.0. The Balaban J connectivity index is 1.87. The second kappa shape index (κ2) is 7.28. The van der Waals surface area contributed by atoms with E-state index in [2.05, 4.69) is 20.2 Å². The van der Waals surface area contributed by atoms with Gasteiger partial charge in [0.05, 0.1) is 12.6 Å². The van der Waals surface area contributed by atoms with E-state index in [0.717, 1.165) is 19.4 Å². The summed E-state index contributed by atoms with van der Waals surface area (Å²) < 4.78 is 5.37. The molecule has 110 valence electrons. The molecule has 1 aromatic heterocycles. The average molecular weight is 279 g/mol. The van der Waals surface area contributed by atoms with Crippen molar-refractivity contribution in [2.75, 3.05) is 32.1 Å². The minimum atomic E-state index is -0.120. The summed E-state index contributed by atoms with van der Waals surface area (Å²) in [7, 11) is 1.72. The van der Waals surface area contributed by atoms with Crippen LogP contribution in [-0.2, 0) is 9.53 Å². The number of aromatic nitrogens is 2. The lowest BCUT2D eigenvalue weighted by molar-refractivity contribution is -0.118. The number of methoxy groups -OCH3 is 1. The molecule has 1 fully saturated rings. The Bertz CT molecular complexity index is 428. The number of carbonyl (C=O) groups is 1. The molecule has 1 amide bonds. The number of ether oxygens (including phenoxy) is 1. The second-order valence-electron chi connectivity index (χ2n) is 4.86. The maximum Gasteiger partial charge on any atom is 0.240 e. The monoisotopic (exact) mass is 279 g/mol. The number of amides is 1. The van der Waals surface area contributed by atoms with Gasteiger partial charge < -0.3 is 10.5 Å². The number of likely N-dealkylation sites (tertiary alicyclic amines) is 1. The van der Waals surface area contributed by atoms with Crippen molar-refractivity contribution in [1.82, 2.24) is 14.9 Å². The number of carbonyl (C=O) groups excluding carboxylic acids is 1.